The Labute approximate surface area is 93.4 Å². The van der Waals surface area contributed by atoms with E-state index in [1.807, 2.05) is 0 Å². The average Bonchev–Trinajstić information content (AvgIpc) is 2.23. The van der Waals surface area contributed by atoms with Crippen LogP contribution in [0.3, 0.4) is 0 Å². The molecule has 1 heteroatoms. The Morgan fingerprint density at radius 2 is 1.86 bits per heavy atom. The van der Waals surface area contributed by atoms with Crippen LogP contribution in [0.5, 0.6) is 0 Å². The fourth-order valence-corrected chi connectivity index (χ4v) is 4.21. The molecule has 2 saturated carbocycles. The van der Waals surface area contributed by atoms with Gasteiger partial charge in [0.1, 0.15) is 0 Å². The summed E-state index contributed by atoms with van der Waals surface area (Å²) in [6.45, 7) is 2.29. The van der Waals surface area contributed by atoms with Gasteiger partial charge in [-0.25, -0.2) is 0 Å². The second kappa shape index (κ2) is 4.88. The van der Waals surface area contributed by atoms with E-state index in [1.54, 1.807) is 0 Å². The summed E-state index contributed by atoms with van der Waals surface area (Å²) in [5.41, 5.74) is 0. The third kappa shape index (κ3) is 2.10. The van der Waals surface area contributed by atoms with Gasteiger partial charge in [0, 0.05) is 5.38 Å². The molecule has 2 rings (SSSR count). The minimum Gasteiger partial charge on any atom is -0.122 e. The van der Waals surface area contributed by atoms with Crippen molar-refractivity contribution in [2.24, 2.45) is 17.8 Å². The van der Waals surface area contributed by atoms with Gasteiger partial charge in [-0.2, -0.15) is 0 Å². The van der Waals surface area contributed by atoms with Gasteiger partial charge in [0.2, 0.25) is 0 Å². The highest BCUT2D eigenvalue weighted by atomic mass is 35.5. The Bertz CT molecular complexity index is 178. The molecule has 0 radical (unpaired) electrons. The second-order valence-corrected chi connectivity index (χ2v) is 5.78. The number of fused-ring (bicyclic) bond motifs is 1. The first-order chi connectivity index (χ1) is 6.83. The third-order valence-corrected chi connectivity index (χ3v) is 5.07. The molecule has 0 aliphatic heterocycles. The molecule has 0 aromatic heterocycles. The molecule has 4 unspecified atom stereocenters. The molecular formula is C13H23Cl. The molecule has 2 aliphatic carbocycles. The maximum absolute atomic E-state index is 6.63. The van der Waals surface area contributed by atoms with Crippen molar-refractivity contribution < 1.29 is 0 Å². The van der Waals surface area contributed by atoms with Crippen molar-refractivity contribution in [3.63, 3.8) is 0 Å². The number of alkyl halides is 1. The summed E-state index contributed by atoms with van der Waals surface area (Å²) >= 11 is 6.63. The maximum atomic E-state index is 6.63. The van der Waals surface area contributed by atoms with E-state index in [0.29, 0.717) is 5.38 Å². The Kier molecular flexibility index (Phi) is 3.76. The van der Waals surface area contributed by atoms with Gasteiger partial charge < -0.3 is 0 Å². The number of hydrogen-bond donors (Lipinski definition) is 0. The van der Waals surface area contributed by atoms with Gasteiger partial charge in [0.25, 0.3) is 0 Å². The van der Waals surface area contributed by atoms with Crippen molar-refractivity contribution in [2.75, 3.05) is 0 Å². The van der Waals surface area contributed by atoms with Gasteiger partial charge in [-0.1, -0.05) is 32.6 Å². The Balaban J connectivity index is 1.96. The Morgan fingerprint density at radius 1 is 1.07 bits per heavy atom. The van der Waals surface area contributed by atoms with Crippen LogP contribution in [-0.4, -0.2) is 5.38 Å². The Hall–Kier alpha value is 0.290. The zero-order valence-electron chi connectivity index (χ0n) is 9.34. The molecule has 0 aromatic rings. The standard InChI is InChI=1S/C13H23Cl/c1-2-5-11-9-8-10-6-3-4-7-12(10)13(11)14/h10-13H,2-9H2,1H3. The highest BCUT2D eigenvalue weighted by Gasteiger charge is 2.38. The van der Waals surface area contributed by atoms with Gasteiger partial charge in [0.05, 0.1) is 0 Å². The summed E-state index contributed by atoms with van der Waals surface area (Å²) in [5, 5.41) is 0.508. The molecule has 0 amide bonds. The van der Waals surface area contributed by atoms with Crippen LogP contribution in [0.2, 0.25) is 0 Å². The van der Waals surface area contributed by atoms with Gasteiger partial charge >= 0.3 is 0 Å². The first-order valence-electron chi connectivity index (χ1n) is 6.47. The lowest BCUT2D eigenvalue weighted by molar-refractivity contribution is 0.131. The molecule has 0 N–H and O–H groups in total. The van der Waals surface area contributed by atoms with Crippen LogP contribution in [0, 0.1) is 17.8 Å². The summed E-state index contributed by atoms with van der Waals surface area (Å²) in [5.74, 6) is 2.69. The fourth-order valence-electron chi connectivity index (χ4n) is 3.63. The lowest BCUT2D eigenvalue weighted by Gasteiger charge is -2.43. The number of rotatable bonds is 2. The number of halogens is 1. The normalized spacial score (nSPS) is 43.3. The van der Waals surface area contributed by atoms with Crippen molar-refractivity contribution in [2.45, 2.75) is 63.7 Å². The van der Waals surface area contributed by atoms with E-state index in [-0.39, 0.29) is 0 Å². The molecule has 2 fully saturated rings. The molecule has 0 saturated heterocycles. The molecule has 0 bridgehead atoms. The highest BCUT2D eigenvalue weighted by Crippen LogP contribution is 2.46. The molecule has 14 heavy (non-hydrogen) atoms. The summed E-state index contributed by atoms with van der Waals surface area (Å²) < 4.78 is 0. The molecule has 0 aromatic carbocycles. The zero-order valence-corrected chi connectivity index (χ0v) is 10.1. The summed E-state index contributed by atoms with van der Waals surface area (Å²) in [6, 6.07) is 0. The predicted molar refractivity (Wildman–Crippen MR) is 62.7 cm³/mol. The molecule has 82 valence electrons. The lowest BCUT2D eigenvalue weighted by atomic mass is 9.66. The number of hydrogen-bond acceptors (Lipinski definition) is 0. The largest absolute Gasteiger partial charge is 0.122 e. The van der Waals surface area contributed by atoms with Gasteiger partial charge in [-0.15, -0.1) is 11.6 Å². The van der Waals surface area contributed by atoms with E-state index in [1.165, 1.54) is 51.4 Å². The van der Waals surface area contributed by atoms with E-state index < -0.39 is 0 Å². The second-order valence-electron chi connectivity index (χ2n) is 5.28. The van der Waals surface area contributed by atoms with Crippen LogP contribution in [0.25, 0.3) is 0 Å². The summed E-state index contributed by atoms with van der Waals surface area (Å²) in [6.07, 6.45) is 11.3. The van der Waals surface area contributed by atoms with Crippen molar-refractivity contribution in [3.8, 4) is 0 Å². The van der Waals surface area contributed by atoms with Crippen LogP contribution < -0.4 is 0 Å². The summed E-state index contributed by atoms with van der Waals surface area (Å²) in [4.78, 5) is 0. The predicted octanol–water partition coefficient (Wildman–Crippen LogP) is 4.61. The van der Waals surface area contributed by atoms with E-state index in [9.17, 15) is 0 Å². The van der Waals surface area contributed by atoms with Crippen LogP contribution in [0.1, 0.15) is 58.3 Å². The van der Waals surface area contributed by atoms with Gasteiger partial charge in [-0.3, -0.25) is 0 Å². The molecule has 0 spiro atoms. The minimum absolute atomic E-state index is 0.508. The molecular weight excluding hydrogens is 192 g/mol. The monoisotopic (exact) mass is 214 g/mol. The highest BCUT2D eigenvalue weighted by molar-refractivity contribution is 6.21. The Morgan fingerprint density at radius 3 is 2.64 bits per heavy atom. The zero-order chi connectivity index (χ0) is 9.97. The minimum atomic E-state index is 0.508. The molecule has 4 atom stereocenters. The molecule has 2 aliphatic rings. The fraction of sp³-hybridized carbons (Fsp3) is 1.00. The van der Waals surface area contributed by atoms with E-state index in [2.05, 4.69) is 6.92 Å². The van der Waals surface area contributed by atoms with Crippen LogP contribution in [-0.2, 0) is 0 Å². The molecule has 0 nitrogen and oxygen atoms in total. The van der Waals surface area contributed by atoms with Crippen molar-refractivity contribution in [1.29, 1.82) is 0 Å². The third-order valence-electron chi connectivity index (χ3n) is 4.39. The lowest BCUT2D eigenvalue weighted by Crippen LogP contribution is -2.37. The van der Waals surface area contributed by atoms with Crippen LogP contribution in [0.15, 0.2) is 0 Å². The quantitative estimate of drug-likeness (QED) is 0.589. The van der Waals surface area contributed by atoms with E-state index in [0.717, 1.165) is 17.8 Å². The maximum Gasteiger partial charge on any atom is 0.0395 e. The van der Waals surface area contributed by atoms with Crippen LogP contribution in [0.4, 0.5) is 0 Å². The topological polar surface area (TPSA) is 0 Å². The SMILES string of the molecule is CCCC1CCC2CCCCC2C1Cl. The smallest absolute Gasteiger partial charge is 0.0395 e. The first-order valence-corrected chi connectivity index (χ1v) is 6.90. The average molecular weight is 215 g/mol. The van der Waals surface area contributed by atoms with Crippen molar-refractivity contribution in [3.05, 3.63) is 0 Å². The van der Waals surface area contributed by atoms with Crippen molar-refractivity contribution >= 4 is 11.6 Å². The first kappa shape index (κ1) is 10.8. The van der Waals surface area contributed by atoms with Gasteiger partial charge in [0.15, 0.2) is 0 Å². The summed E-state index contributed by atoms with van der Waals surface area (Å²) in [7, 11) is 0. The van der Waals surface area contributed by atoms with Crippen LogP contribution >= 0.6 is 11.6 Å². The van der Waals surface area contributed by atoms with Crippen molar-refractivity contribution in [1.82, 2.24) is 0 Å². The van der Waals surface area contributed by atoms with E-state index >= 15 is 0 Å². The van der Waals surface area contributed by atoms with Gasteiger partial charge in [-0.05, 0) is 43.4 Å². The molecule has 0 heterocycles. The van der Waals surface area contributed by atoms with E-state index in [4.69, 9.17) is 11.6 Å².